The predicted octanol–water partition coefficient (Wildman–Crippen LogP) is 1.84. The van der Waals surface area contributed by atoms with E-state index in [4.69, 9.17) is 4.74 Å². The van der Waals surface area contributed by atoms with E-state index in [9.17, 15) is 9.59 Å². The lowest BCUT2D eigenvalue weighted by Gasteiger charge is -2.31. The number of hydrogen-bond acceptors (Lipinski definition) is 4. The topological polar surface area (TPSA) is 70.7 Å². The zero-order valence-electron chi connectivity index (χ0n) is 14.9. The summed E-state index contributed by atoms with van der Waals surface area (Å²) in [6.07, 6.45) is 2.09. The van der Waals surface area contributed by atoms with Crippen LogP contribution < -0.4 is 15.4 Å². The molecule has 7 heteroatoms. The Hall–Kier alpha value is -1.79. The molecular weight excluding hydrogens is 342 g/mol. The Morgan fingerprint density at radius 1 is 1.32 bits per heavy atom. The third kappa shape index (κ3) is 6.92. The van der Waals surface area contributed by atoms with Crippen molar-refractivity contribution in [3.8, 4) is 5.75 Å². The Kier molecular flexibility index (Phi) is 9.31. The van der Waals surface area contributed by atoms with E-state index in [1.807, 2.05) is 6.92 Å². The van der Waals surface area contributed by atoms with Crippen LogP contribution in [0.15, 0.2) is 24.3 Å². The molecule has 0 saturated carbocycles. The Balaban J connectivity index is 0.00000312. The van der Waals surface area contributed by atoms with Crippen molar-refractivity contribution in [3.63, 3.8) is 0 Å². The summed E-state index contributed by atoms with van der Waals surface area (Å²) < 4.78 is 5.57. The Morgan fingerprint density at radius 3 is 2.68 bits per heavy atom. The van der Waals surface area contributed by atoms with E-state index in [2.05, 4.69) is 17.6 Å². The van der Waals surface area contributed by atoms with E-state index < -0.39 is 0 Å². The number of amides is 2. The van der Waals surface area contributed by atoms with Crippen LogP contribution in [0.3, 0.4) is 0 Å². The van der Waals surface area contributed by atoms with Crippen LogP contribution in [0.4, 0.5) is 0 Å². The number of hydrogen-bond donors (Lipinski definition) is 2. The number of nitrogens with one attached hydrogen (secondary N) is 2. The molecule has 2 rings (SSSR count). The molecule has 1 heterocycles. The van der Waals surface area contributed by atoms with Crippen molar-refractivity contribution in [3.05, 3.63) is 29.8 Å². The van der Waals surface area contributed by atoms with Gasteiger partial charge in [0, 0.05) is 31.2 Å². The van der Waals surface area contributed by atoms with Crippen molar-refractivity contribution >= 4 is 24.2 Å². The molecule has 6 nitrogen and oxygen atoms in total. The lowest BCUT2D eigenvalue weighted by Crippen LogP contribution is -2.53. The Morgan fingerprint density at radius 2 is 2.04 bits per heavy atom. The molecule has 2 N–H and O–H groups in total. The number of ether oxygens (including phenoxy) is 1. The Labute approximate surface area is 155 Å². The molecule has 0 unspecified atom stereocenters. The van der Waals surface area contributed by atoms with Crippen LogP contribution >= 0.6 is 12.4 Å². The molecule has 1 aliphatic rings. The highest BCUT2D eigenvalue weighted by atomic mass is 35.5. The fraction of sp³-hybridized carbons (Fsp3) is 0.556. The summed E-state index contributed by atoms with van der Waals surface area (Å²) in [4.78, 5) is 26.1. The van der Waals surface area contributed by atoms with Gasteiger partial charge in [0.2, 0.25) is 5.91 Å². The highest BCUT2D eigenvalue weighted by Gasteiger charge is 2.20. The number of unbranched alkanes of at least 4 members (excludes halogenated alkanes) is 1. The van der Waals surface area contributed by atoms with Crippen molar-refractivity contribution in [1.82, 2.24) is 15.5 Å². The summed E-state index contributed by atoms with van der Waals surface area (Å²) >= 11 is 0. The van der Waals surface area contributed by atoms with Crippen LogP contribution in [0, 0.1) is 0 Å². The van der Waals surface area contributed by atoms with Crippen molar-refractivity contribution in [2.24, 2.45) is 0 Å². The number of carbonyl (C=O) groups is 2. The zero-order chi connectivity index (χ0) is 17.4. The molecule has 1 aromatic rings. The third-order valence-corrected chi connectivity index (χ3v) is 4.00. The SMILES string of the molecule is CCCCOc1ccc(C(=O)NCC(=O)N2CCN[C@H](C)C2)cc1.Cl. The molecule has 0 radical (unpaired) electrons. The van der Waals surface area contributed by atoms with Crippen LogP contribution in [0.5, 0.6) is 5.75 Å². The number of benzene rings is 1. The lowest BCUT2D eigenvalue weighted by molar-refractivity contribution is -0.131. The molecule has 1 aliphatic heterocycles. The summed E-state index contributed by atoms with van der Waals surface area (Å²) in [6.45, 7) is 7.02. The van der Waals surface area contributed by atoms with Crippen LogP contribution in [-0.4, -0.2) is 55.5 Å². The second kappa shape index (κ2) is 10.9. The molecule has 1 fully saturated rings. The number of carbonyl (C=O) groups excluding carboxylic acids is 2. The van der Waals surface area contributed by atoms with Gasteiger partial charge in [0.15, 0.2) is 0 Å². The lowest BCUT2D eigenvalue weighted by atomic mass is 10.2. The first-order valence-electron chi connectivity index (χ1n) is 8.62. The maximum atomic E-state index is 12.1. The van der Waals surface area contributed by atoms with Crippen LogP contribution in [0.2, 0.25) is 0 Å². The fourth-order valence-corrected chi connectivity index (χ4v) is 2.57. The molecule has 0 aliphatic carbocycles. The van der Waals surface area contributed by atoms with Gasteiger partial charge in [-0.1, -0.05) is 13.3 Å². The van der Waals surface area contributed by atoms with E-state index in [0.29, 0.717) is 31.3 Å². The number of rotatable bonds is 7. The van der Waals surface area contributed by atoms with Gasteiger partial charge >= 0.3 is 0 Å². The normalized spacial score (nSPS) is 16.7. The monoisotopic (exact) mass is 369 g/mol. The van der Waals surface area contributed by atoms with Gasteiger partial charge in [-0.05, 0) is 37.6 Å². The smallest absolute Gasteiger partial charge is 0.251 e. The van der Waals surface area contributed by atoms with Gasteiger partial charge in [0.1, 0.15) is 5.75 Å². The molecule has 1 aromatic carbocycles. The molecule has 0 spiro atoms. The first kappa shape index (κ1) is 21.3. The van der Waals surface area contributed by atoms with Crippen LogP contribution in [0.25, 0.3) is 0 Å². The summed E-state index contributed by atoms with van der Waals surface area (Å²) in [5, 5.41) is 5.98. The van der Waals surface area contributed by atoms with Gasteiger partial charge in [-0.15, -0.1) is 12.4 Å². The van der Waals surface area contributed by atoms with Gasteiger partial charge in [0.05, 0.1) is 13.2 Å². The van der Waals surface area contributed by atoms with Gasteiger partial charge in [-0.2, -0.15) is 0 Å². The van der Waals surface area contributed by atoms with Gasteiger partial charge in [-0.3, -0.25) is 9.59 Å². The maximum absolute atomic E-state index is 12.1. The molecule has 2 amide bonds. The quantitative estimate of drug-likeness (QED) is 0.719. The molecule has 1 atom stereocenters. The standard InChI is InChI=1S/C18H27N3O3.ClH/c1-3-4-11-24-16-7-5-15(6-8-16)18(23)20-12-17(22)21-10-9-19-14(2)13-21;/h5-8,14,19H,3-4,9-13H2,1-2H3,(H,20,23);1H/t14-;/m1./s1. The average molecular weight is 370 g/mol. The molecule has 1 saturated heterocycles. The van der Waals surface area contributed by atoms with Crippen molar-refractivity contribution in [2.45, 2.75) is 32.7 Å². The van der Waals surface area contributed by atoms with Gasteiger partial charge in [0.25, 0.3) is 5.91 Å². The second-order valence-corrected chi connectivity index (χ2v) is 6.10. The summed E-state index contributed by atoms with van der Waals surface area (Å²) in [6, 6.07) is 7.29. The van der Waals surface area contributed by atoms with Crippen molar-refractivity contribution < 1.29 is 14.3 Å². The van der Waals surface area contributed by atoms with E-state index in [-0.39, 0.29) is 30.8 Å². The molecule has 25 heavy (non-hydrogen) atoms. The van der Waals surface area contributed by atoms with Gasteiger partial charge < -0.3 is 20.3 Å². The van der Waals surface area contributed by atoms with E-state index in [1.54, 1.807) is 29.2 Å². The first-order valence-corrected chi connectivity index (χ1v) is 8.62. The first-order chi connectivity index (χ1) is 11.6. The minimum atomic E-state index is -0.244. The molecule has 140 valence electrons. The summed E-state index contributed by atoms with van der Waals surface area (Å²) in [5.74, 6) is 0.466. The summed E-state index contributed by atoms with van der Waals surface area (Å²) in [7, 11) is 0. The molecule has 0 aromatic heterocycles. The van der Waals surface area contributed by atoms with E-state index >= 15 is 0 Å². The second-order valence-electron chi connectivity index (χ2n) is 6.10. The van der Waals surface area contributed by atoms with Crippen LogP contribution in [0.1, 0.15) is 37.0 Å². The zero-order valence-corrected chi connectivity index (χ0v) is 15.7. The van der Waals surface area contributed by atoms with Crippen molar-refractivity contribution in [2.75, 3.05) is 32.8 Å². The minimum absolute atomic E-state index is 0. The molecule has 0 bridgehead atoms. The average Bonchev–Trinajstić information content (AvgIpc) is 2.60. The maximum Gasteiger partial charge on any atom is 0.251 e. The number of nitrogens with zero attached hydrogens (tertiary/aromatic N) is 1. The van der Waals surface area contributed by atoms with Gasteiger partial charge in [-0.25, -0.2) is 0 Å². The van der Waals surface area contributed by atoms with E-state index in [1.165, 1.54) is 0 Å². The Bertz CT molecular complexity index is 551. The van der Waals surface area contributed by atoms with Crippen LogP contribution in [-0.2, 0) is 4.79 Å². The fourth-order valence-electron chi connectivity index (χ4n) is 2.57. The van der Waals surface area contributed by atoms with E-state index in [0.717, 1.165) is 25.1 Å². The summed E-state index contributed by atoms with van der Waals surface area (Å²) in [5.41, 5.74) is 0.527. The largest absolute Gasteiger partial charge is 0.494 e. The number of piperazine rings is 1. The predicted molar refractivity (Wildman–Crippen MR) is 100 cm³/mol. The molecular formula is C18H28ClN3O3. The minimum Gasteiger partial charge on any atom is -0.494 e. The third-order valence-electron chi connectivity index (χ3n) is 4.00. The highest BCUT2D eigenvalue weighted by molar-refractivity contribution is 5.96. The highest BCUT2D eigenvalue weighted by Crippen LogP contribution is 2.12. The number of halogens is 1. The van der Waals surface area contributed by atoms with Crippen molar-refractivity contribution in [1.29, 1.82) is 0 Å².